The van der Waals surface area contributed by atoms with Gasteiger partial charge in [0.25, 0.3) is 0 Å². The van der Waals surface area contributed by atoms with Crippen molar-refractivity contribution in [3.63, 3.8) is 0 Å². The zero-order valence-electron chi connectivity index (χ0n) is 13.4. The third kappa shape index (κ3) is 2.35. The Morgan fingerprint density at radius 2 is 1.96 bits per heavy atom. The predicted molar refractivity (Wildman–Crippen MR) is 96.0 cm³/mol. The summed E-state index contributed by atoms with van der Waals surface area (Å²) in [5.74, 6) is 2.34. The van der Waals surface area contributed by atoms with Crippen LogP contribution in [-0.2, 0) is 0 Å². The van der Waals surface area contributed by atoms with Gasteiger partial charge in [0.1, 0.15) is 0 Å². The first-order chi connectivity index (χ1) is 12.3. The predicted octanol–water partition coefficient (Wildman–Crippen LogP) is 3.63. The number of hydrogen-bond acceptors (Lipinski definition) is 6. The van der Waals surface area contributed by atoms with Gasteiger partial charge in [-0.3, -0.25) is 5.43 Å². The van der Waals surface area contributed by atoms with Crippen molar-refractivity contribution in [1.82, 2.24) is 14.9 Å². The average Bonchev–Trinajstić information content (AvgIpc) is 3.27. The minimum absolute atomic E-state index is 0.271. The highest BCUT2D eigenvalue weighted by atomic mass is 32.2. The van der Waals surface area contributed by atoms with Gasteiger partial charge in [0, 0.05) is 16.5 Å². The van der Waals surface area contributed by atoms with E-state index in [-0.39, 0.29) is 6.79 Å². The Labute approximate surface area is 148 Å². The maximum absolute atomic E-state index is 5.48. The molecule has 2 aliphatic rings. The Morgan fingerprint density at radius 3 is 2.88 bits per heavy atom. The highest BCUT2D eigenvalue weighted by Crippen LogP contribution is 2.37. The molecular weight excluding hydrogens is 336 g/mol. The zero-order chi connectivity index (χ0) is 16.8. The van der Waals surface area contributed by atoms with E-state index in [1.165, 1.54) is 11.8 Å². The van der Waals surface area contributed by atoms with Crippen LogP contribution >= 0.6 is 11.8 Å². The van der Waals surface area contributed by atoms with Crippen LogP contribution in [0.1, 0.15) is 11.1 Å². The van der Waals surface area contributed by atoms with Gasteiger partial charge in [-0.05, 0) is 30.7 Å². The Balaban J connectivity index is 1.52. The highest BCUT2D eigenvalue weighted by Gasteiger charge is 2.22. The van der Waals surface area contributed by atoms with Crippen LogP contribution < -0.4 is 14.9 Å². The summed E-state index contributed by atoms with van der Waals surface area (Å²) in [6, 6.07) is 14.1. The molecule has 6 nitrogen and oxygen atoms in total. The summed E-state index contributed by atoms with van der Waals surface area (Å²) in [6.45, 7) is 2.34. The van der Waals surface area contributed by atoms with Gasteiger partial charge in [-0.1, -0.05) is 36.0 Å². The van der Waals surface area contributed by atoms with Crippen LogP contribution in [0.25, 0.3) is 17.1 Å². The Hall–Kier alpha value is -2.93. The molecular formula is C18H14N4O2S. The van der Waals surface area contributed by atoms with E-state index in [2.05, 4.69) is 34.7 Å². The number of ether oxygens (including phenoxy) is 2. The van der Waals surface area contributed by atoms with Crippen molar-refractivity contribution < 1.29 is 9.47 Å². The number of rotatable bonds is 2. The van der Waals surface area contributed by atoms with Crippen molar-refractivity contribution in [3.05, 3.63) is 59.0 Å². The number of nitrogens with one attached hydrogen (secondary N) is 1. The molecule has 0 bridgehead atoms. The lowest BCUT2D eigenvalue weighted by molar-refractivity contribution is 0.174. The first kappa shape index (κ1) is 14.4. The normalized spacial score (nSPS) is 14.7. The molecule has 7 heteroatoms. The van der Waals surface area contributed by atoms with Crippen molar-refractivity contribution in [1.29, 1.82) is 0 Å². The SMILES string of the molecule is Cc1ccccc1-c1nnc2n1NC(c1ccc3c(c1)OCO3)=CS2. The minimum atomic E-state index is 0.271. The number of aryl methyl sites for hydroxylation is 1. The Kier molecular flexibility index (Phi) is 3.21. The van der Waals surface area contributed by atoms with Crippen LogP contribution in [-0.4, -0.2) is 21.7 Å². The van der Waals surface area contributed by atoms with Gasteiger partial charge in [0.15, 0.2) is 17.3 Å². The molecule has 1 N–H and O–H groups in total. The first-order valence-corrected chi connectivity index (χ1v) is 8.73. The van der Waals surface area contributed by atoms with E-state index in [0.29, 0.717) is 0 Å². The van der Waals surface area contributed by atoms with Gasteiger partial charge < -0.3 is 9.47 Å². The Morgan fingerprint density at radius 1 is 1.08 bits per heavy atom. The first-order valence-electron chi connectivity index (χ1n) is 7.85. The van der Waals surface area contributed by atoms with E-state index in [4.69, 9.17) is 9.47 Å². The molecule has 3 heterocycles. The maximum atomic E-state index is 5.48. The second-order valence-electron chi connectivity index (χ2n) is 5.79. The van der Waals surface area contributed by atoms with Crippen LogP contribution in [0.15, 0.2) is 53.0 Å². The number of aromatic nitrogens is 3. The summed E-state index contributed by atoms with van der Waals surface area (Å²) in [4.78, 5) is 0. The van der Waals surface area contributed by atoms with Crippen LogP contribution in [0, 0.1) is 6.92 Å². The van der Waals surface area contributed by atoms with Crippen molar-refractivity contribution >= 4 is 17.5 Å². The van der Waals surface area contributed by atoms with Crippen LogP contribution in [0.3, 0.4) is 0 Å². The number of nitrogens with zero attached hydrogens (tertiary/aromatic N) is 3. The van der Waals surface area contributed by atoms with Gasteiger partial charge in [-0.15, -0.1) is 10.2 Å². The lowest BCUT2D eigenvalue weighted by Gasteiger charge is -2.19. The van der Waals surface area contributed by atoms with Crippen molar-refractivity contribution in [2.45, 2.75) is 12.1 Å². The molecule has 1 aromatic heterocycles. The van der Waals surface area contributed by atoms with Crippen molar-refractivity contribution in [2.75, 3.05) is 12.2 Å². The number of benzene rings is 2. The van der Waals surface area contributed by atoms with E-state index in [1.807, 2.05) is 40.4 Å². The molecule has 0 spiro atoms. The molecule has 0 aliphatic carbocycles. The third-order valence-electron chi connectivity index (χ3n) is 4.22. The molecule has 124 valence electrons. The monoisotopic (exact) mass is 350 g/mol. The molecule has 0 saturated carbocycles. The van der Waals surface area contributed by atoms with E-state index < -0.39 is 0 Å². The van der Waals surface area contributed by atoms with Gasteiger partial charge in [0.2, 0.25) is 11.9 Å². The summed E-state index contributed by atoms with van der Waals surface area (Å²) in [5, 5.41) is 11.5. The highest BCUT2D eigenvalue weighted by molar-refractivity contribution is 8.02. The zero-order valence-corrected chi connectivity index (χ0v) is 14.2. The fourth-order valence-electron chi connectivity index (χ4n) is 2.90. The molecule has 0 atom stereocenters. The molecule has 0 fully saturated rings. The summed E-state index contributed by atoms with van der Waals surface area (Å²) in [7, 11) is 0. The minimum Gasteiger partial charge on any atom is -0.454 e. The number of fused-ring (bicyclic) bond motifs is 2. The molecule has 5 rings (SSSR count). The molecule has 0 unspecified atom stereocenters. The molecule has 0 amide bonds. The summed E-state index contributed by atoms with van der Waals surface area (Å²) in [6.07, 6.45) is 0. The van der Waals surface area contributed by atoms with Crippen LogP contribution in [0.4, 0.5) is 0 Å². The second kappa shape index (κ2) is 5.56. The molecule has 0 radical (unpaired) electrons. The fraction of sp³-hybridized carbons (Fsp3) is 0.111. The van der Waals surface area contributed by atoms with E-state index in [9.17, 15) is 0 Å². The van der Waals surface area contributed by atoms with Crippen LogP contribution in [0.2, 0.25) is 0 Å². The largest absolute Gasteiger partial charge is 0.454 e. The summed E-state index contributed by atoms with van der Waals surface area (Å²) >= 11 is 1.54. The number of thioether (sulfide) groups is 1. The van der Waals surface area contributed by atoms with Crippen molar-refractivity contribution in [3.8, 4) is 22.9 Å². The van der Waals surface area contributed by atoms with E-state index in [0.717, 1.165) is 44.9 Å². The van der Waals surface area contributed by atoms with Gasteiger partial charge in [-0.2, -0.15) is 0 Å². The summed E-state index contributed by atoms with van der Waals surface area (Å²) in [5.41, 5.74) is 7.61. The van der Waals surface area contributed by atoms with Crippen molar-refractivity contribution in [2.24, 2.45) is 0 Å². The molecule has 2 aliphatic heterocycles. The van der Waals surface area contributed by atoms with Gasteiger partial charge in [0.05, 0.1) is 5.70 Å². The molecule has 2 aromatic carbocycles. The van der Waals surface area contributed by atoms with Crippen LogP contribution in [0.5, 0.6) is 11.5 Å². The number of hydrogen-bond donors (Lipinski definition) is 1. The summed E-state index contributed by atoms with van der Waals surface area (Å²) < 4.78 is 12.8. The maximum Gasteiger partial charge on any atom is 0.231 e. The Bertz CT molecular complexity index is 1010. The molecule has 0 saturated heterocycles. The third-order valence-corrected chi connectivity index (χ3v) is 5.05. The quantitative estimate of drug-likeness (QED) is 0.761. The fourth-order valence-corrected chi connectivity index (χ4v) is 3.64. The van der Waals surface area contributed by atoms with Gasteiger partial charge in [-0.25, -0.2) is 4.68 Å². The van der Waals surface area contributed by atoms with Gasteiger partial charge >= 0.3 is 0 Å². The topological polar surface area (TPSA) is 61.2 Å². The standard InChI is InChI=1S/C18H14N4O2S/c1-11-4-2-3-5-13(11)17-19-20-18-22(17)21-14(9-25-18)12-6-7-15-16(8-12)24-10-23-15/h2-9,21H,10H2,1H3. The lowest BCUT2D eigenvalue weighted by atomic mass is 10.1. The smallest absolute Gasteiger partial charge is 0.231 e. The second-order valence-corrected chi connectivity index (χ2v) is 6.62. The molecule has 3 aromatic rings. The van der Waals surface area contributed by atoms with E-state index in [1.54, 1.807) is 0 Å². The molecule has 25 heavy (non-hydrogen) atoms. The lowest BCUT2D eigenvalue weighted by Crippen LogP contribution is -2.18. The van der Waals surface area contributed by atoms with E-state index >= 15 is 0 Å². The average molecular weight is 350 g/mol.